The highest BCUT2D eigenvalue weighted by molar-refractivity contribution is 7.11. The second-order valence-electron chi connectivity index (χ2n) is 6.72. The minimum Gasteiger partial charge on any atom is -0.356 e. The fraction of sp³-hybridized carbons (Fsp3) is 0.765. The number of likely N-dealkylation sites (tertiary alicyclic amines) is 1. The molecule has 0 bridgehead atoms. The predicted molar refractivity (Wildman–Crippen MR) is 99.6 cm³/mol. The van der Waals surface area contributed by atoms with Crippen molar-refractivity contribution in [2.75, 3.05) is 33.2 Å². The molecule has 0 saturated carbocycles. The van der Waals surface area contributed by atoms with Crippen LogP contribution < -0.4 is 10.6 Å². The van der Waals surface area contributed by atoms with E-state index in [1.807, 2.05) is 13.8 Å². The van der Waals surface area contributed by atoms with Crippen LogP contribution in [0.1, 0.15) is 34.8 Å². The van der Waals surface area contributed by atoms with E-state index in [0.717, 1.165) is 42.5 Å². The standard InChI is InChI=1S/C17H28F3N5S/c1-12-15(26-13(2)24-12)10-23-16(21-3)22-7-4-14-5-8-25(9-6-14)11-17(18,19)20/h14H,4-11H2,1-3H3,(H2,21,22,23). The molecule has 0 aliphatic carbocycles. The van der Waals surface area contributed by atoms with Gasteiger partial charge in [-0.05, 0) is 52.1 Å². The summed E-state index contributed by atoms with van der Waals surface area (Å²) in [6, 6.07) is 0. The van der Waals surface area contributed by atoms with Gasteiger partial charge >= 0.3 is 6.18 Å². The molecule has 1 aliphatic rings. The summed E-state index contributed by atoms with van der Waals surface area (Å²) in [6.45, 7) is 5.72. The largest absolute Gasteiger partial charge is 0.401 e. The third-order valence-electron chi connectivity index (χ3n) is 4.59. The van der Waals surface area contributed by atoms with Gasteiger partial charge in [-0.25, -0.2) is 4.98 Å². The van der Waals surface area contributed by atoms with E-state index in [0.29, 0.717) is 25.6 Å². The summed E-state index contributed by atoms with van der Waals surface area (Å²) in [4.78, 5) is 11.3. The summed E-state index contributed by atoms with van der Waals surface area (Å²) >= 11 is 1.68. The smallest absolute Gasteiger partial charge is 0.356 e. The lowest BCUT2D eigenvalue weighted by Crippen LogP contribution is -2.41. The van der Waals surface area contributed by atoms with Gasteiger partial charge in [0, 0.05) is 18.5 Å². The lowest BCUT2D eigenvalue weighted by molar-refractivity contribution is -0.148. The van der Waals surface area contributed by atoms with Gasteiger partial charge in [-0.2, -0.15) is 13.2 Å². The molecule has 0 unspecified atom stereocenters. The Morgan fingerprint density at radius 2 is 1.96 bits per heavy atom. The minimum atomic E-state index is -4.10. The number of hydrogen-bond acceptors (Lipinski definition) is 4. The van der Waals surface area contributed by atoms with Gasteiger partial charge in [0.25, 0.3) is 0 Å². The number of piperidine rings is 1. The number of guanidine groups is 1. The average Bonchev–Trinajstić information content (AvgIpc) is 2.88. The number of aryl methyl sites for hydroxylation is 2. The average molecular weight is 392 g/mol. The lowest BCUT2D eigenvalue weighted by atomic mass is 9.93. The minimum absolute atomic E-state index is 0.469. The first-order valence-electron chi connectivity index (χ1n) is 8.93. The van der Waals surface area contributed by atoms with Crippen LogP contribution in [-0.4, -0.2) is 55.2 Å². The van der Waals surface area contributed by atoms with Gasteiger partial charge in [-0.1, -0.05) is 0 Å². The third-order valence-corrected chi connectivity index (χ3v) is 5.67. The van der Waals surface area contributed by atoms with Crippen LogP contribution in [-0.2, 0) is 6.54 Å². The van der Waals surface area contributed by atoms with Crippen molar-refractivity contribution in [1.82, 2.24) is 20.5 Å². The highest BCUT2D eigenvalue weighted by Gasteiger charge is 2.32. The Morgan fingerprint density at radius 3 is 2.50 bits per heavy atom. The Labute approximate surface area is 157 Å². The van der Waals surface area contributed by atoms with Crippen LogP contribution in [0.2, 0.25) is 0 Å². The summed E-state index contributed by atoms with van der Waals surface area (Å²) < 4.78 is 37.2. The molecule has 1 saturated heterocycles. The molecule has 1 aromatic heterocycles. The van der Waals surface area contributed by atoms with E-state index in [9.17, 15) is 13.2 Å². The Balaban J connectivity index is 1.64. The van der Waals surface area contributed by atoms with Crippen molar-refractivity contribution in [3.63, 3.8) is 0 Å². The molecule has 0 spiro atoms. The number of aromatic nitrogens is 1. The van der Waals surface area contributed by atoms with Crippen molar-refractivity contribution in [2.45, 2.75) is 45.8 Å². The zero-order chi connectivity index (χ0) is 19.2. The van der Waals surface area contributed by atoms with Crippen LogP contribution in [0.4, 0.5) is 13.2 Å². The Hall–Kier alpha value is -1.35. The van der Waals surface area contributed by atoms with Crippen LogP contribution in [0.3, 0.4) is 0 Å². The molecular weight excluding hydrogens is 363 g/mol. The number of nitrogens with zero attached hydrogens (tertiary/aromatic N) is 3. The van der Waals surface area contributed by atoms with E-state index in [4.69, 9.17) is 0 Å². The summed E-state index contributed by atoms with van der Waals surface area (Å²) in [5.74, 6) is 1.21. The summed E-state index contributed by atoms with van der Waals surface area (Å²) in [5.41, 5.74) is 1.04. The molecule has 2 N–H and O–H groups in total. The fourth-order valence-corrected chi connectivity index (χ4v) is 4.08. The molecule has 1 fully saturated rings. The third kappa shape index (κ3) is 7.11. The summed E-state index contributed by atoms with van der Waals surface area (Å²) in [7, 11) is 1.73. The van der Waals surface area contributed by atoms with Gasteiger partial charge in [0.05, 0.1) is 23.8 Å². The quantitative estimate of drug-likeness (QED) is 0.578. The topological polar surface area (TPSA) is 52.6 Å². The number of alkyl halides is 3. The van der Waals surface area contributed by atoms with E-state index in [2.05, 4.69) is 20.6 Å². The molecule has 0 radical (unpaired) electrons. The molecule has 26 heavy (non-hydrogen) atoms. The summed E-state index contributed by atoms with van der Waals surface area (Å²) in [6.07, 6.45) is -1.51. The number of aliphatic imine (C=N–C) groups is 1. The molecule has 2 heterocycles. The lowest BCUT2D eigenvalue weighted by Gasteiger charge is -2.32. The van der Waals surface area contributed by atoms with Crippen LogP contribution in [0.25, 0.3) is 0 Å². The van der Waals surface area contributed by atoms with E-state index in [1.165, 1.54) is 9.78 Å². The highest BCUT2D eigenvalue weighted by atomic mass is 32.1. The monoisotopic (exact) mass is 391 g/mol. The van der Waals surface area contributed by atoms with Crippen molar-refractivity contribution in [3.8, 4) is 0 Å². The number of hydrogen-bond donors (Lipinski definition) is 2. The molecule has 1 aromatic rings. The van der Waals surface area contributed by atoms with Crippen molar-refractivity contribution >= 4 is 17.3 Å². The fourth-order valence-electron chi connectivity index (χ4n) is 3.20. The molecule has 9 heteroatoms. The first-order chi connectivity index (χ1) is 12.3. The molecule has 5 nitrogen and oxygen atoms in total. The van der Waals surface area contributed by atoms with E-state index < -0.39 is 12.7 Å². The number of nitrogens with one attached hydrogen (secondary N) is 2. The van der Waals surface area contributed by atoms with Gasteiger partial charge in [-0.3, -0.25) is 9.89 Å². The molecule has 0 atom stereocenters. The summed E-state index contributed by atoms with van der Waals surface area (Å²) in [5, 5.41) is 7.63. The van der Waals surface area contributed by atoms with Crippen molar-refractivity contribution in [3.05, 3.63) is 15.6 Å². The predicted octanol–water partition coefficient (Wildman–Crippen LogP) is 3.09. The molecule has 148 valence electrons. The molecule has 2 rings (SSSR count). The highest BCUT2D eigenvalue weighted by Crippen LogP contribution is 2.24. The first kappa shape index (κ1) is 21.0. The van der Waals surface area contributed by atoms with Gasteiger partial charge in [0.1, 0.15) is 0 Å². The maximum Gasteiger partial charge on any atom is 0.401 e. The van der Waals surface area contributed by atoms with Crippen LogP contribution in [0.5, 0.6) is 0 Å². The Morgan fingerprint density at radius 1 is 1.27 bits per heavy atom. The first-order valence-corrected chi connectivity index (χ1v) is 9.75. The number of rotatable bonds is 6. The molecule has 0 aromatic carbocycles. The molecule has 0 amide bonds. The number of thiazole rings is 1. The van der Waals surface area contributed by atoms with Gasteiger partial charge in [0.2, 0.25) is 0 Å². The zero-order valence-corrected chi connectivity index (χ0v) is 16.4. The second kappa shape index (κ2) is 9.55. The van der Waals surface area contributed by atoms with Gasteiger partial charge in [-0.15, -0.1) is 11.3 Å². The van der Waals surface area contributed by atoms with Crippen molar-refractivity contribution in [2.24, 2.45) is 10.9 Å². The van der Waals surface area contributed by atoms with Crippen molar-refractivity contribution in [1.29, 1.82) is 0 Å². The maximum atomic E-state index is 12.4. The van der Waals surface area contributed by atoms with Crippen molar-refractivity contribution < 1.29 is 13.2 Å². The number of halogens is 3. The van der Waals surface area contributed by atoms with E-state index in [1.54, 1.807) is 18.4 Å². The van der Waals surface area contributed by atoms with Crippen LogP contribution in [0.15, 0.2) is 4.99 Å². The molecule has 1 aliphatic heterocycles. The zero-order valence-electron chi connectivity index (χ0n) is 15.6. The van der Waals surface area contributed by atoms with Crippen LogP contribution in [0, 0.1) is 19.8 Å². The van der Waals surface area contributed by atoms with Gasteiger partial charge < -0.3 is 10.6 Å². The van der Waals surface area contributed by atoms with Gasteiger partial charge in [0.15, 0.2) is 5.96 Å². The molecular formula is C17H28F3N5S. The normalized spacial score (nSPS) is 17.5. The SMILES string of the molecule is CN=C(NCCC1CCN(CC(F)(F)F)CC1)NCc1sc(C)nc1C. The Bertz CT molecular complexity index is 592. The van der Waals surface area contributed by atoms with Crippen LogP contribution >= 0.6 is 11.3 Å². The maximum absolute atomic E-state index is 12.4. The van der Waals surface area contributed by atoms with E-state index >= 15 is 0 Å². The van der Waals surface area contributed by atoms with E-state index in [-0.39, 0.29) is 0 Å². The Kier molecular flexibility index (Phi) is 7.69. The second-order valence-corrected chi connectivity index (χ2v) is 8.01.